The van der Waals surface area contributed by atoms with E-state index in [9.17, 15) is 13.2 Å². The maximum absolute atomic E-state index is 13.2. The number of hydrogen-bond donors (Lipinski definition) is 2. The van der Waals surface area contributed by atoms with Gasteiger partial charge in [-0.25, -0.2) is 4.98 Å². The molecule has 0 saturated heterocycles. The molecule has 27 heavy (non-hydrogen) atoms. The number of nitrogens with zero attached hydrogens (tertiary/aromatic N) is 2. The number of allylic oxidation sites excluding steroid dienone is 1. The zero-order valence-corrected chi connectivity index (χ0v) is 15.2. The van der Waals surface area contributed by atoms with E-state index < -0.39 is 11.7 Å². The first-order chi connectivity index (χ1) is 12.9. The lowest BCUT2D eigenvalue weighted by Gasteiger charge is -2.15. The molecule has 144 valence electrons. The van der Waals surface area contributed by atoms with Gasteiger partial charge in [-0.3, -0.25) is 0 Å². The van der Waals surface area contributed by atoms with E-state index in [1.165, 1.54) is 30.5 Å². The maximum Gasteiger partial charge on any atom is 0.418 e. The van der Waals surface area contributed by atoms with E-state index in [4.69, 9.17) is 0 Å². The Hall–Kier alpha value is -2.57. The topological polar surface area (TPSA) is 49.8 Å². The molecule has 0 spiro atoms. The molecule has 0 amide bonds. The van der Waals surface area contributed by atoms with Crippen LogP contribution in [0.4, 0.5) is 30.6 Å². The lowest BCUT2D eigenvalue weighted by molar-refractivity contribution is -0.136. The van der Waals surface area contributed by atoms with Gasteiger partial charge in [0.25, 0.3) is 0 Å². The Labute approximate surface area is 156 Å². The Morgan fingerprint density at radius 1 is 1.11 bits per heavy atom. The van der Waals surface area contributed by atoms with Gasteiger partial charge in [0.15, 0.2) is 0 Å². The number of anilines is 3. The molecule has 1 aromatic heterocycles. The third kappa shape index (κ3) is 5.45. The van der Waals surface area contributed by atoms with E-state index in [1.807, 2.05) is 0 Å². The largest absolute Gasteiger partial charge is 0.418 e. The van der Waals surface area contributed by atoms with Crippen LogP contribution in [-0.2, 0) is 6.18 Å². The Bertz CT molecular complexity index is 815. The van der Waals surface area contributed by atoms with Crippen LogP contribution in [0.25, 0.3) is 0 Å². The highest BCUT2D eigenvalue weighted by molar-refractivity contribution is 5.60. The predicted molar refractivity (Wildman–Crippen MR) is 101 cm³/mol. The van der Waals surface area contributed by atoms with Crippen LogP contribution in [-0.4, -0.2) is 16.5 Å². The summed E-state index contributed by atoms with van der Waals surface area (Å²) in [5.41, 5.74) is 1.33. The fourth-order valence-corrected chi connectivity index (χ4v) is 3.16. The van der Waals surface area contributed by atoms with Gasteiger partial charge in [-0.1, -0.05) is 23.8 Å². The van der Waals surface area contributed by atoms with Crippen LogP contribution in [0.1, 0.15) is 43.4 Å². The van der Waals surface area contributed by atoms with Gasteiger partial charge < -0.3 is 10.6 Å². The van der Waals surface area contributed by atoms with Crippen molar-refractivity contribution in [3.8, 4) is 0 Å². The molecule has 1 aromatic carbocycles. The molecule has 2 aromatic rings. The quantitative estimate of drug-likeness (QED) is 0.621. The van der Waals surface area contributed by atoms with Gasteiger partial charge in [0.2, 0.25) is 5.95 Å². The molecular weight excluding hydrogens is 353 g/mol. The van der Waals surface area contributed by atoms with E-state index in [0.29, 0.717) is 11.5 Å². The molecule has 0 saturated carbocycles. The molecule has 4 nitrogen and oxygen atoms in total. The molecule has 0 atom stereocenters. The summed E-state index contributed by atoms with van der Waals surface area (Å²) < 4.78 is 39.5. The third-order valence-corrected chi connectivity index (χ3v) is 4.47. The van der Waals surface area contributed by atoms with Crippen LogP contribution < -0.4 is 10.6 Å². The minimum atomic E-state index is -4.44. The van der Waals surface area contributed by atoms with Crippen LogP contribution in [0.5, 0.6) is 0 Å². The molecule has 0 fully saturated rings. The summed E-state index contributed by atoms with van der Waals surface area (Å²) in [7, 11) is 0. The van der Waals surface area contributed by atoms with Crippen molar-refractivity contribution in [3.63, 3.8) is 0 Å². The van der Waals surface area contributed by atoms with E-state index >= 15 is 0 Å². The number of benzene rings is 1. The molecule has 0 aliphatic heterocycles. The monoisotopic (exact) mass is 376 g/mol. The van der Waals surface area contributed by atoms with Crippen LogP contribution >= 0.6 is 0 Å². The molecule has 2 N–H and O–H groups in total. The molecule has 0 radical (unpaired) electrons. The average Bonchev–Trinajstić information content (AvgIpc) is 2.62. The van der Waals surface area contributed by atoms with Crippen molar-refractivity contribution < 1.29 is 13.2 Å². The molecule has 1 aliphatic rings. The number of aryl methyl sites for hydroxylation is 1. The van der Waals surface area contributed by atoms with Crippen molar-refractivity contribution in [1.29, 1.82) is 0 Å². The van der Waals surface area contributed by atoms with Gasteiger partial charge in [0, 0.05) is 18.3 Å². The normalized spacial score (nSPS) is 14.6. The minimum absolute atomic E-state index is 0.0612. The summed E-state index contributed by atoms with van der Waals surface area (Å²) in [5, 5.41) is 5.96. The van der Waals surface area contributed by atoms with Crippen LogP contribution in [0.2, 0.25) is 0 Å². The third-order valence-electron chi connectivity index (χ3n) is 4.47. The van der Waals surface area contributed by atoms with E-state index in [2.05, 4.69) is 26.7 Å². The summed E-state index contributed by atoms with van der Waals surface area (Å²) in [5.74, 6) is 0.747. The number of para-hydroxylation sites is 1. The summed E-state index contributed by atoms with van der Waals surface area (Å²) in [6.07, 6.45) is 3.60. The van der Waals surface area contributed by atoms with E-state index in [1.54, 1.807) is 19.1 Å². The van der Waals surface area contributed by atoms with Gasteiger partial charge in [0.05, 0.1) is 11.3 Å². The highest BCUT2D eigenvalue weighted by Crippen LogP contribution is 2.35. The molecule has 3 rings (SSSR count). The van der Waals surface area contributed by atoms with Gasteiger partial charge >= 0.3 is 6.18 Å². The summed E-state index contributed by atoms with van der Waals surface area (Å²) in [4.78, 5) is 8.52. The molecule has 1 aliphatic carbocycles. The second kappa shape index (κ2) is 8.41. The van der Waals surface area contributed by atoms with Crippen molar-refractivity contribution >= 4 is 17.5 Å². The van der Waals surface area contributed by atoms with E-state index in [0.717, 1.165) is 31.9 Å². The van der Waals surface area contributed by atoms with E-state index in [-0.39, 0.29) is 11.6 Å². The van der Waals surface area contributed by atoms with Crippen LogP contribution in [0.15, 0.2) is 42.0 Å². The van der Waals surface area contributed by atoms with Gasteiger partial charge in [-0.15, -0.1) is 0 Å². The first kappa shape index (κ1) is 19.2. The molecule has 1 heterocycles. The molecule has 7 heteroatoms. The highest BCUT2D eigenvalue weighted by Gasteiger charge is 2.33. The van der Waals surface area contributed by atoms with Crippen molar-refractivity contribution in [2.75, 3.05) is 17.2 Å². The zero-order valence-electron chi connectivity index (χ0n) is 15.2. The Balaban J connectivity index is 1.69. The zero-order chi connectivity index (χ0) is 19.3. The van der Waals surface area contributed by atoms with Gasteiger partial charge in [-0.05, 0) is 51.2 Å². The lowest BCUT2D eigenvalue weighted by atomic mass is 9.97. The molecule has 0 bridgehead atoms. The van der Waals surface area contributed by atoms with Crippen molar-refractivity contribution in [2.24, 2.45) is 0 Å². The average molecular weight is 376 g/mol. The van der Waals surface area contributed by atoms with Crippen molar-refractivity contribution in [3.05, 3.63) is 53.2 Å². The second-order valence-corrected chi connectivity index (χ2v) is 6.67. The Morgan fingerprint density at radius 3 is 2.67 bits per heavy atom. The number of hydrogen-bond acceptors (Lipinski definition) is 4. The number of nitrogens with one attached hydrogen (secondary N) is 2. The molecule has 0 unspecified atom stereocenters. The number of rotatable bonds is 6. The van der Waals surface area contributed by atoms with Crippen molar-refractivity contribution in [2.45, 2.75) is 45.2 Å². The maximum atomic E-state index is 13.2. The van der Waals surface area contributed by atoms with Crippen LogP contribution in [0, 0.1) is 6.92 Å². The smallest absolute Gasteiger partial charge is 0.370 e. The number of halogens is 3. The fraction of sp³-hybridized carbons (Fsp3) is 0.400. The van der Waals surface area contributed by atoms with Gasteiger partial charge in [0.1, 0.15) is 5.82 Å². The lowest BCUT2D eigenvalue weighted by Crippen LogP contribution is -2.11. The predicted octanol–water partition coefficient (Wildman–Crippen LogP) is 5.85. The summed E-state index contributed by atoms with van der Waals surface area (Å²) >= 11 is 0. The fourth-order valence-electron chi connectivity index (χ4n) is 3.16. The first-order valence-electron chi connectivity index (χ1n) is 9.12. The SMILES string of the molecule is Cc1cc(NCCC2=CCCCC2)nc(Nc2ccccc2C(F)(F)F)n1. The van der Waals surface area contributed by atoms with Crippen molar-refractivity contribution in [1.82, 2.24) is 9.97 Å². The summed E-state index contributed by atoms with van der Waals surface area (Å²) in [6, 6.07) is 7.10. The number of aromatic nitrogens is 2. The highest BCUT2D eigenvalue weighted by atomic mass is 19.4. The van der Waals surface area contributed by atoms with Gasteiger partial charge in [-0.2, -0.15) is 18.2 Å². The molecular formula is C20H23F3N4. The summed E-state index contributed by atoms with van der Waals surface area (Å²) in [6.45, 7) is 2.53. The second-order valence-electron chi connectivity index (χ2n) is 6.67. The first-order valence-corrected chi connectivity index (χ1v) is 9.12. The minimum Gasteiger partial charge on any atom is -0.370 e. The van der Waals surface area contributed by atoms with Crippen LogP contribution in [0.3, 0.4) is 0 Å². The number of alkyl halides is 3. The Morgan fingerprint density at radius 2 is 1.93 bits per heavy atom. The Kier molecular flexibility index (Phi) is 5.98. The standard InChI is InChI=1S/C20H23F3N4/c1-14-13-18(24-12-11-15-7-3-2-4-8-15)27-19(25-14)26-17-10-6-5-9-16(17)20(21,22)23/h5-7,9-10,13H,2-4,8,11-12H2,1H3,(H2,24,25,26,27).